The molecule has 4 aromatic rings. The molecule has 4 aromatic carbocycles. The number of hydrogen-bond acceptors (Lipinski definition) is 4. The topological polar surface area (TPSA) is 78.8 Å². The van der Waals surface area contributed by atoms with Gasteiger partial charge in [0.1, 0.15) is 0 Å². The van der Waals surface area contributed by atoms with Crippen molar-refractivity contribution >= 4 is 44.5 Å². The van der Waals surface area contributed by atoms with Crippen molar-refractivity contribution in [1.82, 2.24) is 9.73 Å². The van der Waals surface area contributed by atoms with E-state index in [-0.39, 0.29) is 18.0 Å². The molecule has 0 radical (unpaired) electrons. The van der Waals surface area contributed by atoms with Gasteiger partial charge in [0.25, 0.3) is 5.91 Å². The van der Waals surface area contributed by atoms with Crippen LogP contribution in [0.3, 0.4) is 0 Å². The summed E-state index contributed by atoms with van der Waals surface area (Å²) >= 11 is 5.92. The first-order valence-electron chi connectivity index (χ1n) is 11.0. The van der Waals surface area contributed by atoms with E-state index >= 15 is 0 Å². The molecular formula is C27H24ClN3O3S. The van der Waals surface area contributed by atoms with E-state index in [0.717, 1.165) is 26.2 Å². The summed E-state index contributed by atoms with van der Waals surface area (Å²) in [6.45, 7) is -0.236. The number of hydrazone groups is 1. The number of fused-ring (bicyclic) bond motifs is 1. The predicted molar refractivity (Wildman–Crippen MR) is 140 cm³/mol. The van der Waals surface area contributed by atoms with Crippen LogP contribution in [0.4, 0.5) is 0 Å². The van der Waals surface area contributed by atoms with Crippen LogP contribution in [0.15, 0.2) is 107 Å². The van der Waals surface area contributed by atoms with Crippen LogP contribution in [-0.2, 0) is 21.2 Å². The molecule has 0 aromatic heterocycles. The Bertz CT molecular complexity index is 1430. The number of rotatable bonds is 9. The Kier molecular flexibility index (Phi) is 7.92. The van der Waals surface area contributed by atoms with Gasteiger partial charge in [-0.05, 0) is 47.0 Å². The van der Waals surface area contributed by atoms with E-state index < -0.39 is 15.9 Å². The summed E-state index contributed by atoms with van der Waals surface area (Å²) < 4.78 is 27.8. The molecule has 0 heterocycles. The first kappa shape index (κ1) is 24.6. The highest BCUT2D eigenvalue weighted by molar-refractivity contribution is 7.89. The van der Waals surface area contributed by atoms with Crippen LogP contribution in [0.5, 0.6) is 0 Å². The summed E-state index contributed by atoms with van der Waals surface area (Å²) in [7, 11) is -3.93. The SMILES string of the molecule is O=C(CN(CCc1ccccc1)S(=O)(=O)c1ccc(Cl)cc1)NN=Cc1cccc2ccccc12. The zero-order chi connectivity index (χ0) is 24.7. The van der Waals surface area contributed by atoms with Gasteiger partial charge in [0, 0.05) is 17.1 Å². The van der Waals surface area contributed by atoms with Crippen molar-refractivity contribution in [2.24, 2.45) is 5.10 Å². The molecule has 178 valence electrons. The van der Waals surface area contributed by atoms with E-state index in [1.807, 2.05) is 72.8 Å². The number of hydrogen-bond donors (Lipinski definition) is 1. The van der Waals surface area contributed by atoms with E-state index in [9.17, 15) is 13.2 Å². The normalized spacial score (nSPS) is 11.8. The van der Waals surface area contributed by atoms with E-state index in [2.05, 4.69) is 10.5 Å². The molecule has 0 aliphatic carbocycles. The smallest absolute Gasteiger partial charge is 0.255 e. The molecule has 0 aliphatic rings. The first-order chi connectivity index (χ1) is 16.9. The van der Waals surface area contributed by atoms with Crippen LogP contribution >= 0.6 is 11.6 Å². The molecule has 0 bridgehead atoms. The summed E-state index contributed by atoms with van der Waals surface area (Å²) in [6.07, 6.45) is 2.02. The maximum absolute atomic E-state index is 13.3. The molecule has 1 N–H and O–H groups in total. The van der Waals surface area contributed by atoms with Gasteiger partial charge in [-0.1, -0.05) is 84.4 Å². The van der Waals surface area contributed by atoms with Gasteiger partial charge in [0.2, 0.25) is 10.0 Å². The molecule has 8 heteroatoms. The van der Waals surface area contributed by atoms with E-state index in [1.165, 1.54) is 24.3 Å². The first-order valence-corrected chi connectivity index (χ1v) is 12.8. The number of nitrogens with zero attached hydrogens (tertiary/aromatic N) is 2. The second kappa shape index (κ2) is 11.3. The minimum Gasteiger partial charge on any atom is -0.272 e. The number of sulfonamides is 1. The van der Waals surface area contributed by atoms with Crippen LogP contribution < -0.4 is 5.43 Å². The Morgan fingerprint density at radius 1 is 0.886 bits per heavy atom. The lowest BCUT2D eigenvalue weighted by molar-refractivity contribution is -0.121. The van der Waals surface area contributed by atoms with Crippen LogP contribution in [0.1, 0.15) is 11.1 Å². The summed E-state index contributed by atoms with van der Waals surface area (Å²) in [5.41, 5.74) is 4.28. The van der Waals surface area contributed by atoms with Gasteiger partial charge in [0.05, 0.1) is 17.7 Å². The molecular weight excluding hydrogens is 482 g/mol. The Morgan fingerprint density at radius 2 is 1.57 bits per heavy atom. The lowest BCUT2D eigenvalue weighted by Gasteiger charge is -2.21. The molecule has 35 heavy (non-hydrogen) atoms. The minimum atomic E-state index is -3.93. The van der Waals surface area contributed by atoms with Gasteiger partial charge in [-0.15, -0.1) is 0 Å². The minimum absolute atomic E-state index is 0.0713. The van der Waals surface area contributed by atoms with Gasteiger partial charge >= 0.3 is 0 Å². The maximum atomic E-state index is 13.3. The van der Waals surface area contributed by atoms with Gasteiger partial charge in [-0.25, -0.2) is 13.8 Å². The summed E-state index contributed by atoms with van der Waals surface area (Å²) in [6, 6.07) is 29.1. The number of benzene rings is 4. The molecule has 0 saturated carbocycles. The van der Waals surface area contributed by atoms with E-state index in [0.29, 0.717) is 11.4 Å². The number of amides is 1. The van der Waals surface area contributed by atoms with Crippen molar-refractivity contribution in [1.29, 1.82) is 0 Å². The van der Waals surface area contributed by atoms with Gasteiger partial charge in [-0.3, -0.25) is 4.79 Å². The van der Waals surface area contributed by atoms with Crippen LogP contribution in [0.25, 0.3) is 10.8 Å². The number of carbonyl (C=O) groups excluding carboxylic acids is 1. The van der Waals surface area contributed by atoms with Crippen molar-refractivity contribution in [3.05, 3.63) is 113 Å². The van der Waals surface area contributed by atoms with Crippen molar-refractivity contribution < 1.29 is 13.2 Å². The van der Waals surface area contributed by atoms with Crippen LogP contribution in [0, 0.1) is 0 Å². The monoisotopic (exact) mass is 505 g/mol. The molecule has 0 fully saturated rings. The third-order valence-electron chi connectivity index (χ3n) is 5.48. The van der Waals surface area contributed by atoms with E-state index in [4.69, 9.17) is 11.6 Å². The molecule has 0 aliphatic heterocycles. The fourth-order valence-electron chi connectivity index (χ4n) is 3.67. The molecule has 1 amide bonds. The summed E-state index contributed by atoms with van der Waals surface area (Å²) in [5, 5.41) is 6.56. The lowest BCUT2D eigenvalue weighted by atomic mass is 10.1. The fourth-order valence-corrected chi connectivity index (χ4v) is 5.19. The molecule has 4 rings (SSSR count). The average molecular weight is 506 g/mol. The maximum Gasteiger partial charge on any atom is 0.255 e. The fraction of sp³-hybridized carbons (Fsp3) is 0.111. The average Bonchev–Trinajstić information content (AvgIpc) is 2.87. The molecule has 0 unspecified atom stereocenters. The molecule has 0 saturated heterocycles. The highest BCUT2D eigenvalue weighted by Crippen LogP contribution is 2.19. The standard InChI is InChI=1S/C27H24ClN3O3S/c28-24-13-15-25(16-14-24)35(33,34)31(18-17-21-7-2-1-3-8-21)20-27(32)30-29-19-23-11-6-10-22-9-4-5-12-26(22)23/h1-16,19H,17-18,20H2,(H,30,32). The highest BCUT2D eigenvalue weighted by atomic mass is 35.5. The van der Waals surface area contributed by atoms with Crippen LogP contribution in [-0.4, -0.2) is 37.9 Å². The Balaban J connectivity index is 1.49. The Hall–Kier alpha value is -3.52. The zero-order valence-electron chi connectivity index (χ0n) is 18.8. The molecule has 6 nitrogen and oxygen atoms in total. The lowest BCUT2D eigenvalue weighted by Crippen LogP contribution is -2.40. The Labute approximate surface area is 209 Å². The van der Waals surface area contributed by atoms with Crippen LogP contribution in [0.2, 0.25) is 5.02 Å². The number of nitrogens with one attached hydrogen (secondary N) is 1. The zero-order valence-corrected chi connectivity index (χ0v) is 20.4. The van der Waals surface area contributed by atoms with Crippen molar-refractivity contribution in [2.45, 2.75) is 11.3 Å². The highest BCUT2D eigenvalue weighted by Gasteiger charge is 2.26. The molecule has 0 atom stereocenters. The van der Waals surface area contributed by atoms with E-state index in [1.54, 1.807) is 6.21 Å². The second-order valence-corrected chi connectivity index (χ2v) is 10.3. The third kappa shape index (κ3) is 6.33. The predicted octanol–water partition coefficient (Wildman–Crippen LogP) is 4.88. The summed E-state index contributed by atoms with van der Waals surface area (Å²) in [5.74, 6) is -0.535. The number of halogens is 1. The Morgan fingerprint density at radius 3 is 2.34 bits per heavy atom. The van der Waals surface area contributed by atoms with Gasteiger partial charge < -0.3 is 0 Å². The van der Waals surface area contributed by atoms with Gasteiger partial charge in [-0.2, -0.15) is 9.41 Å². The molecule has 0 spiro atoms. The van der Waals surface area contributed by atoms with Crippen molar-refractivity contribution in [2.75, 3.05) is 13.1 Å². The number of carbonyl (C=O) groups is 1. The third-order valence-corrected chi connectivity index (χ3v) is 7.59. The largest absolute Gasteiger partial charge is 0.272 e. The van der Waals surface area contributed by atoms with Crippen molar-refractivity contribution in [3.8, 4) is 0 Å². The second-order valence-electron chi connectivity index (χ2n) is 7.89. The van der Waals surface area contributed by atoms with Gasteiger partial charge in [0.15, 0.2) is 0 Å². The van der Waals surface area contributed by atoms with Crippen molar-refractivity contribution in [3.63, 3.8) is 0 Å². The quantitative estimate of drug-likeness (QED) is 0.260. The summed E-state index contributed by atoms with van der Waals surface area (Å²) in [4.78, 5) is 12.8.